The zero-order valence-corrected chi connectivity index (χ0v) is 25.5. The average molecular weight is 613 g/mol. The van der Waals surface area contributed by atoms with Crippen LogP contribution in [-0.2, 0) is 29.5 Å². The fourth-order valence-corrected chi connectivity index (χ4v) is 7.88. The third-order valence-corrected chi connectivity index (χ3v) is 10.5. The van der Waals surface area contributed by atoms with Crippen LogP contribution in [0.4, 0.5) is 13.2 Å². The van der Waals surface area contributed by atoms with E-state index < -0.39 is 11.2 Å². The van der Waals surface area contributed by atoms with Crippen LogP contribution in [0, 0.1) is 0 Å². The van der Waals surface area contributed by atoms with Crippen molar-refractivity contribution in [3.05, 3.63) is 61.5 Å². The first-order chi connectivity index (χ1) is 19.1. The molecule has 1 N–H and O–H groups in total. The molecule has 2 atom stereocenters. The molecule has 3 aromatic rings. The summed E-state index contributed by atoms with van der Waals surface area (Å²) in [7, 11) is 1.93. The van der Waals surface area contributed by atoms with E-state index in [4.69, 9.17) is 4.74 Å². The molecule has 5 heterocycles. The molecule has 2 unspecified atom stereocenters. The van der Waals surface area contributed by atoms with Crippen LogP contribution >= 0.6 is 34.4 Å². The van der Waals surface area contributed by atoms with Gasteiger partial charge in [0.1, 0.15) is 5.60 Å². The maximum atomic E-state index is 12.8. The molecule has 5 rings (SSSR count). The van der Waals surface area contributed by atoms with Gasteiger partial charge in [-0.2, -0.15) is 13.2 Å². The van der Waals surface area contributed by atoms with E-state index in [-0.39, 0.29) is 17.7 Å². The second-order valence-corrected chi connectivity index (χ2v) is 13.5. The summed E-state index contributed by atoms with van der Waals surface area (Å²) in [5, 5.41) is 2.27. The number of rotatable bonds is 7. The summed E-state index contributed by atoms with van der Waals surface area (Å²) in [4.78, 5) is 25.0. The Hall–Kier alpha value is -1.83. The first-order valence-corrected chi connectivity index (χ1v) is 16.0. The maximum absolute atomic E-state index is 12.8. The number of ether oxygens (including phenoxy) is 1. The van der Waals surface area contributed by atoms with Crippen molar-refractivity contribution < 1.29 is 22.7 Å². The van der Waals surface area contributed by atoms with Crippen molar-refractivity contribution in [3.8, 4) is 0 Å². The predicted molar refractivity (Wildman–Crippen MR) is 155 cm³/mol. The lowest BCUT2D eigenvalue weighted by Gasteiger charge is -2.46. The van der Waals surface area contributed by atoms with Gasteiger partial charge in [-0.25, -0.2) is 4.98 Å². The Morgan fingerprint density at radius 3 is 2.58 bits per heavy atom. The molecule has 40 heavy (non-hydrogen) atoms. The number of thiophene rings is 1. The van der Waals surface area contributed by atoms with Crippen LogP contribution in [0.1, 0.15) is 75.3 Å². The van der Waals surface area contributed by atoms with E-state index in [9.17, 15) is 18.0 Å². The number of aromatic nitrogens is 2. The van der Waals surface area contributed by atoms with Gasteiger partial charge in [-0.3, -0.25) is 14.7 Å². The summed E-state index contributed by atoms with van der Waals surface area (Å²) in [6.07, 6.45) is 2.18. The molecule has 1 fully saturated rings. The smallest absolute Gasteiger partial charge is 0.366 e. The standard InChI is InChI=1S/C19H21F3N2O2S2.C9H14N2S/c1-11-7-13-8-14(10-25)27-16(13)18(26-11)3-5-24(6-4-18)12(2)15-9-23-17(28-15)19(20,21)22;1-3-12-9-5-4-8(6-10-2)11-7-9/h8-12H,3-7H2,1-2H3;4-5,7,10H,3,6H2,1-2H3. The monoisotopic (exact) mass is 612 g/mol. The van der Waals surface area contributed by atoms with E-state index in [1.807, 2.05) is 44.9 Å². The molecule has 0 aromatic carbocycles. The van der Waals surface area contributed by atoms with Gasteiger partial charge in [0, 0.05) is 52.7 Å². The number of halogens is 3. The molecule has 0 saturated carbocycles. The second kappa shape index (κ2) is 13.4. The Balaban J connectivity index is 0.000000259. The van der Waals surface area contributed by atoms with Gasteiger partial charge in [-0.15, -0.1) is 34.4 Å². The topological polar surface area (TPSA) is 67.4 Å². The minimum absolute atomic E-state index is 0.0846. The molecule has 6 nitrogen and oxygen atoms in total. The van der Waals surface area contributed by atoms with E-state index >= 15 is 0 Å². The highest BCUT2D eigenvalue weighted by Crippen LogP contribution is 2.48. The van der Waals surface area contributed by atoms with Crippen molar-refractivity contribution in [1.82, 2.24) is 20.2 Å². The van der Waals surface area contributed by atoms with Crippen LogP contribution in [0.5, 0.6) is 0 Å². The summed E-state index contributed by atoms with van der Waals surface area (Å²) >= 11 is 4.05. The number of pyridine rings is 1. The number of thiazole rings is 1. The lowest BCUT2D eigenvalue weighted by Crippen LogP contribution is -2.48. The van der Waals surface area contributed by atoms with Gasteiger partial charge in [0.2, 0.25) is 0 Å². The molecule has 218 valence electrons. The van der Waals surface area contributed by atoms with Gasteiger partial charge in [0.15, 0.2) is 11.3 Å². The Kier molecular flexibility index (Phi) is 10.4. The number of nitrogens with zero attached hydrogens (tertiary/aromatic N) is 3. The third kappa shape index (κ3) is 7.32. The number of nitrogens with one attached hydrogen (secondary N) is 1. The zero-order valence-electron chi connectivity index (χ0n) is 23.1. The van der Waals surface area contributed by atoms with Crippen LogP contribution in [0.3, 0.4) is 0 Å². The van der Waals surface area contributed by atoms with Gasteiger partial charge < -0.3 is 10.1 Å². The number of fused-ring (bicyclic) bond motifs is 2. The molecule has 0 aliphatic carbocycles. The average Bonchev–Trinajstić information content (AvgIpc) is 3.59. The van der Waals surface area contributed by atoms with E-state index in [0.29, 0.717) is 4.88 Å². The van der Waals surface area contributed by atoms with Gasteiger partial charge in [0.25, 0.3) is 0 Å². The molecular weight excluding hydrogens is 578 g/mol. The number of carbonyl (C=O) groups is 1. The zero-order chi connectivity index (χ0) is 28.9. The molecule has 12 heteroatoms. The minimum Gasteiger partial charge on any atom is -0.366 e. The van der Waals surface area contributed by atoms with Crippen molar-refractivity contribution in [2.45, 2.75) is 75.4 Å². The molecule has 0 radical (unpaired) electrons. The first-order valence-electron chi connectivity index (χ1n) is 13.3. The van der Waals surface area contributed by atoms with Crippen LogP contribution in [0.15, 0.2) is 35.5 Å². The molecule has 2 aliphatic rings. The van der Waals surface area contributed by atoms with Crippen LogP contribution in [0.2, 0.25) is 0 Å². The largest absolute Gasteiger partial charge is 0.443 e. The van der Waals surface area contributed by atoms with Crippen LogP contribution in [0.25, 0.3) is 0 Å². The summed E-state index contributed by atoms with van der Waals surface area (Å²) in [5.74, 6) is 1.10. The fourth-order valence-electron chi connectivity index (χ4n) is 5.19. The lowest BCUT2D eigenvalue weighted by atomic mass is 9.83. The molecule has 3 aromatic heterocycles. The van der Waals surface area contributed by atoms with E-state index in [0.717, 1.165) is 77.7 Å². The summed E-state index contributed by atoms with van der Waals surface area (Å²) in [6, 6.07) is 6.03. The van der Waals surface area contributed by atoms with Crippen molar-refractivity contribution in [3.63, 3.8) is 0 Å². The SMILES string of the molecule is CC1Cc2cc(C=O)sc2C2(CCN(C(C)c3cnc(C(F)(F)F)s3)CC2)O1.CCSc1ccc(CNC)nc1. The number of likely N-dealkylation sites (tertiary alicyclic amines) is 1. The van der Waals surface area contributed by atoms with Gasteiger partial charge >= 0.3 is 6.18 Å². The fraction of sp³-hybridized carbons (Fsp3) is 0.536. The number of alkyl halides is 3. The highest BCUT2D eigenvalue weighted by molar-refractivity contribution is 7.99. The molecule has 1 saturated heterocycles. The number of carbonyl (C=O) groups excluding carboxylic acids is 1. The maximum Gasteiger partial charge on any atom is 0.443 e. The predicted octanol–water partition coefficient (Wildman–Crippen LogP) is 6.96. The summed E-state index contributed by atoms with van der Waals surface area (Å²) in [5.41, 5.74) is 1.91. The van der Waals surface area contributed by atoms with Gasteiger partial charge in [0.05, 0.1) is 16.7 Å². The van der Waals surface area contributed by atoms with Crippen LogP contribution in [-0.4, -0.2) is 53.1 Å². The second-order valence-electron chi connectivity index (χ2n) is 9.97. The molecule has 0 bridgehead atoms. The van der Waals surface area contributed by atoms with Crippen molar-refractivity contribution in [1.29, 1.82) is 0 Å². The van der Waals surface area contributed by atoms with E-state index in [2.05, 4.69) is 39.2 Å². The third-order valence-electron chi connectivity index (χ3n) is 7.09. The molecule has 1 spiro atoms. The van der Waals surface area contributed by atoms with Crippen molar-refractivity contribution in [2.75, 3.05) is 25.9 Å². The minimum atomic E-state index is -4.40. The first kappa shape index (κ1) is 31.1. The number of thioether (sulfide) groups is 1. The van der Waals surface area contributed by atoms with Crippen LogP contribution < -0.4 is 5.32 Å². The number of piperidine rings is 1. The molecular formula is C28H35F3N4O2S3. The van der Waals surface area contributed by atoms with Crippen molar-refractivity contribution in [2.24, 2.45) is 0 Å². The Morgan fingerprint density at radius 1 is 1.25 bits per heavy atom. The summed E-state index contributed by atoms with van der Waals surface area (Å²) < 4.78 is 44.9. The number of hydrogen-bond acceptors (Lipinski definition) is 9. The highest BCUT2D eigenvalue weighted by atomic mass is 32.2. The van der Waals surface area contributed by atoms with Gasteiger partial charge in [-0.05, 0) is 69.7 Å². The Morgan fingerprint density at radius 2 is 2.00 bits per heavy atom. The van der Waals surface area contributed by atoms with Gasteiger partial charge in [-0.1, -0.05) is 6.92 Å². The quantitative estimate of drug-likeness (QED) is 0.229. The van der Waals surface area contributed by atoms with E-state index in [1.54, 1.807) is 0 Å². The normalized spacial score (nSPS) is 19.5. The number of hydrogen-bond donors (Lipinski definition) is 1. The Labute approximate surface area is 245 Å². The van der Waals surface area contributed by atoms with E-state index in [1.165, 1.54) is 28.0 Å². The summed E-state index contributed by atoms with van der Waals surface area (Å²) in [6.45, 7) is 8.41. The highest BCUT2D eigenvalue weighted by Gasteiger charge is 2.45. The lowest BCUT2D eigenvalue weighted by molar-refractivity contribution is -0.137. The van der Waals surface area contributed by atoms with Crippen molar-refractivity contribution >= 4 is 40.7 Å². The molecule has 0 amide bonds. The Bertz CT molecular complexity index is 1230. The molecule has 2 aliphatic heterocycles. The number of aldehydes is 1.